The monoisotopic (exact) mass is 515 g/mol. The van der Waals surface area contributed by atoms with Gasteiger partial charge < -0.3 is 9.80 Å². The van der Waals surface area contributed by atoms with Crippen molar-refractivity contribution in [2.45, 2.75) is 39.2 Å². The van der Waals surface area contributed by atoms with E-state index in [-0.39, 0.29) is 5.91 Å². The molecule has 1 amide bonds. The lowest BCUT2D eigenvalue weighted by Gasteiger charge is -2.38. The standard InChI is InChI=1S/C28H33N7OS/c1-20(2)32-14-16-33(17-15-32)23-9-6-21(7-10-23)24-19-29-26-11-8-22(31-35(24)26)18-25-27(36)30-28(37-25)34-12-4-3-5-13-34/h6-11,18-20H,3-5,12-17H2,1-2H3/b25-18-. The fourth-order valence-corrected chi connectivity index (χ4v) is 6.20. The van der Waals surface area contributed by atoms with Crippen molar-refractivity contribution in [2.24, 2.45) is 4.99 Å². The zero-order valence-electron chi connectivity index (χ0n) is 21.5. The highest BCUT2D eigenvalue weighted by Gasteiger charge is 2.27. The van der Waals surface area contributed by atoms with Crippen LogP contribution in [0.5, 0.6) is 0 Å². The Bertz CT molecular complexity index is 1350. The second-order valence-electron chi connectivity index (χ2n) is 10.2. The molecule has 6 rings (SSSR count). The first kappa shape index (κ1) is 24.2. The van der Waals surface area contributed by atoms with Gasteiger partial charge in [-0.25, -0.2) is 9.50 Å². The van der Waals surface area contributed by atoms with Gasteiger partial charge in [-0.15, -0.1) is 0 Å². The number of benzene rings is 1. The zero-order chi connectivity index (χ0) is 25.4. The first-order valence-electron chi connectivity index (χ1n) is 13.3. The molecule has 5 heterocycles. The Balaban J connectivity index is 1.20. The second kappa shape index (κ2) is 10.3. The average molecular weight is 516 g/mol. The third-order valence-corrected chi connectivity index (χ3v) is 8.51. The number of carbonyl (C=O) groups is 1. The van der Waals surface area contributed by atoms with Gasteiger partial charge in [-0.1, -0.05) is 12.1 Å². The van der Waals surface area contributed by atoms with Crippen LogP contribution in [0.25, 0.3) is 23.0 Å². The van der Waals surface area contributed by atoms with E-state index in [2.05, 4.69) is 62.8 Å². The van der Waals surface area contributed by atoms with Crippen molar-refractivity contribution in [3.63, 3.8) is 0 Å². The number of aliphatic imine (C=N–C) groups is 1. The third-order valence-electron chi connectivity index (χ3n) is 7.47. The maximum absolute atomic E-state index is 12.6. The van der Waals surface area contributed by atoms with Crippen LogP contribution in [0.4, 0.5) is 5.69 Å². The normalized spacial score (nSPS) is 20.5. The van der Waals surface area contributed by atoms with Gasteiger partial charge in [0, 0.05) is 56.6 Å². The quantitative estimate of drug-likeness (QED) is 0.478. The maximum Gasteiger partial charge on any atom is 0.286 e. The lowest BCUT2D eigenvalue weighted by atomic mass is 10.1. The topological polar surface area (TPSA) is 69.3 Å². The van der Waals surface area contributed by atoms with E-state index in [9.17, 15) is 4.79 Å². The van der Waals surface area contributed by atoms with E-state index in [4.69, 9.17) is 5.10 Å². The van der Waals surface area contributed by atoms with E-state index in [0.29, 0.717) is 10.9 Å². The number of piperidine rings is 1. The average Bonchev–Trinajstić information content (AvgIpc) is 3.52. The minimum absolute atomic E-state index is 0.178. The summed E-state index contributed by atoms with van der Waals surface area (Å²) >= 11 is 1.46. The Morgan fingerprint density at radius 2 is 1.65 bits per heavy atom. The second-order valence-corrected chi connectivity index (χ2v) is 11.2. The van der Waals surface area contributed by atoms with Crippen molar-refractivity contribution >= 4 is 40.2 Å². The Morgan fingerprint density at radius 3 is 2.38 bits per heavy atom. The summed E-state index contributed by atoms with van der Waals surface area (Å²) in [6.45, 7) is 10.8. The number of amides is 1. The van der Waals surface area contributed by atoms with Gasteiger partial charge in [0.2, 0.25) is 0 Å². The molecule has 2 saturated heterocycles. The summed E-state index contributed by atoms with van der Waals surface area (Å²) < 4.78 is 1.86. The van der Waals surface area contributed by atoms with Crippen LogP contribution in [0, 0.1) is 0 Å². The van der Waals surface area contributed by atoms with E-state index in [1.54, 1.807) is 0 Å². The molecule has 0 saturated carbocycles. The molecule has 0 bridgehead atoms. The molecule has 0 unspecified atom stereocenters. The highest BCUT2D eigenvalue weighted by Crippen LogP contribution is 2.31. The number of rotatable bonds is 4. The number of aromatic nitrogens is 3. The first-order valence-corrected chi connectivity index (χ1v) is 14.1. The molecule has 0 aliphatic carbocycles. The van der Waals surface area contributed by atoms with Crippen LogP contribution in [0.15, 0.2) is 52.5 Å². The number of piperazine rings is 1. The molecule has 3 aromatic rings. The molecule has 9 heteroatoms. The van der Waals surface area contributed by atoms with Gasteiger partial charge in [0.15, 0.2) is 10.8 Å². The van der Waals surface area contributed by atoms with Gasteiger partial charge in [-0.3, -0.25) is 9.69 Å². The van der Waals surface area contributed by atoms with Gasteiger partial charge in [0.25, 0.3) is 5.91 Å². The van der Waals surface area contributed by atoms with E-state index in [1.165, 1.54) is 23.9 Å². The predicted molar refractivity (Wildman–Crippen MR) is 151 cm³/mol. The van der Waals surface area contributed by atoms with E-state index in [1.807, 2.05) is 28.9 Å². The highest BCUT2D eigenvalue weighted by molar-refractivity contribution is 8.18. The Morgan fingerprint density at radius 1 is 0.892 bits per heavy atom. The summed E-state index contributed by atoms with van der Waals surface area (Å²) in [7, 11) is 0. The van der Waals surface area contributed by atoms with Crippen molar-refractivity contribution in [1.29, 1.82) is 0 Å². The van der Waals surface area contributed by atoms with Crippen LogP contribution in [0.3, 0.4) is 0 Å². The van der Waals surface area contributed by atoms with Crippen molar-refractivity contribution in [1.82, 2.24) is 24.4 Å². The molecule has 0 atom stereocenters. The highest BCUT2D eigenvalue weighted by atomic mass is 32.2. The van der Waals surface area contributed by atoms with Crippen LogP contribution in [0.2, 0.25) is 0 Å². The van der Waals surface area contributed by atoms with Crippen LogP contribution in [-0.4, -0.2) is 80.8 Å². The molecule has 0 N–H and O–H groups in total. The minimum Gasteiger partial charge on any atom is -0.369 e. The fraction of sp³-hybridized carbons (Fsp3) is 0.429. The maximum atomic E-state index is 12.6. The van der Waals surface area contributed by atoms with Gasteiger partial charge >= 0.3 is 0 Å². The number of likely N-dealkylation sites (tertiary alicyclic amines) is 1. The van der Waals surface area contributed by atoms with E-state index < -0.39 is 0 Å². The summed E-state index contributed by atoms with van der Waals surface area (Å²) in [5.74, 6) is -0.178. The summed E-state index contributed by atoms with van der Waals surface area (Å²) in [5.41, 5.74) is 4.75. The van der Waals surface area contributed by atoms with E-state index in [0.717, 1.165) is 79.9 Å². The van der Waals surface area contributed by atoms with Gasteiger partial charge in [-0.2, -0.15) is 10.1 Å². The molecule has 8 nitrogen and oxygen atoms in total. The molecule has 3 aliphatic rings. The molecule has 0 spiro atoms. The summed E-state index contributed by atoms with van der Waals surface area (Å²) in [5, 5.41) is 5.64. The number of fused-ring (bicyclic) bond motifs is 1. The summed E-state index contributed by atoms with van der Waals surface area (Å²) in [6.07, 6.45) is 7.27. The number of hydrogen-bond donors (Lipinski definition) is 0. The molecule has 3 aliphatic heterocycles. The molecule has 2 fully saturated rings. The molecule has 2 aromatic heterocycles. The largest absolute Gasteiger partial charge is 0.369 e. The number of thioether (sulfide) groups is 1. The van der Waals surface area contributed by atoms with Crippen LogP contribution in [-0.2, 0) is 4.79 Å². The molecule has 1 aromatic carbocycles. The molecule has 0 radical (unpaired) electrons. The number of amidine groups is 1. The lowest BCUT2D eigenvalue weighted by Crippen LogP contribution is -2.48. The smallest absolute Gasteiger partial charge is 0.286 e. The van der Waals surface area contributed by atoms with Crippen LogP contribution in [0.1, 0.15) is 38.8 Å². The number of anilines is 1. The van der Waals surface area contributed by atoms with Crippen LogP contribution >= 0.6 is 11.8 Å². The number of imidazole rings is 1. The van der Waals surface area contributed by atoms with Gasteiger partial charge in [0.05, 0.1) is 22.5 Å². The van der Waals surface area contributed by atoms with Crippen molar-refractivity contribution in [3.8, 4) is 11.3 Å². The number of nitrogens with zero attached hydrogens (tertiary/aromatic N) is 7. The summed E-state index contributed by atoms with van der Waals surface area (Å²) in [6, 6.07) is 13.1. The van der Waals surface area contributed by atoms with Crippen molar-refractivity contribution in [3.05, 3.63) is 53.2 Å². The lowest BCUT2D eigenvalue weighted by molar-refractivity contribution is -0.113. The molecule has 37 heavy (non-hydrogen) atoms. The third kappa shape index (κ3) is 5.02. The molecular formula is C28H33N7OS. The summed E-state index contributed by atoms with van der Waals surface area (Å²) in [4.78, 5) is 29.3. The zero-order valence-corrected chi connectivity index (χ0v) is 22.3. The first-order chi connectivity index (χ1) is 18.0. The molecular weight excluding hydrogens is 482 g/mol. The van der Waals surface area contributed by atoms with E-state index >= 15 is 0 Å². The minimum atomic E-state index is -0.178. The Labute approximate surface area is 222 Å². The van der Waals surface area contributed by atoms with Crippen molar-refractivity contribution < 1.29 is 4.79 Å². The number of carbonyl (C=O) groups excluding carboxylic acids is 1. The Kier molecular flexibility index (Phi) is 6.73. The van der Waals surface area contributed by atoms with Gasteiger partial charge in [-0.05, 0) is 75.2 Å². The Hall–Kier alpha value is -3.17. The number of hydrogen-bond acceptors (Lipinski definition) is 7. The SMILES string of the molecule is CC(C)N1CCN(c2ccc(-c3cnc4ccc(/C=C5\SC(N6CCCCC6)=NC5=O)nn34)cc2)CC1. The van der Waals surface area contributed by atoms with Crippen molar-refractivity contribution in [2.75, 3.05) is 44.2 Å². The van der Waals surface area contributed by atoms with Gasteiger partial charge in [0.1, 0.15) is 0 Å². The molecule has 192 valence electrons. The van der Waals surface area contributed by atoms with Crippen LogP contribution < -0.4 is 4.90 Å². The predicted octanol–water partition coefficient (Wildman–Crippen LogP) is 4.38. The fourth-order valence-electron chi connectivity index (χ4n) is 5.25.